The fourth-order valence-electron chi connectivity index (χ4n) is 2.47. The summed E-state index contributed by atoms with van der Waals surface area (Å²) in [6.07, 6.45) is 0. The molecule has 0 radical (unpaired) electrons. The number of carbonyl (C=O) groups excluding carboxylic acids is 1. The average molecular weight is 403 g/mol. The highest BCUT2D eigenvalue weighted by Crippen LogP contribution is 2.25. The molecule has 1 N–H and O–H groups in total. The lowest BCUT2D eigenvalue weighted by Gasteiger charge is -2.06. The number of benzene rings is 2. The largest absolute Gasteiger partial charge is 0.497 e. The molecule has 140 valence electrons. The number of carbonyl (C=O) groups is 1. The van der Waals surface area contributed by atoms with Crippen molar-refractivity contribution in [1.29, 1.82) is 0 Å². The first-order chi connectivity index (χ1) is 13.0. The molecule has 2 aromatic carbocycles. The van der Waals surface area contributed by atoms with E-state index in [2.05, 4.69) is 10.3 Å². The van der Waals surface area contributed by atoms with Gasteiger partial charge in [-0.1, -0.05) is 17.7 Å². The summed E-state index contributed by atoms with van der Waals surface area (Å²) in [6.45, 7) is 4.02. The first-order valence-corrected chi connectivity index (χ1v) is 9.46. The molecule has 0 aliphatic heterocycles. The van der Waals surface area contributed by atoms with E-state index in [1.807, 2.05) is 44.2 Å². The molecule has 5 nitrogen and oxygen atoms in total. The molecule has 3 aromatic rings. The molecule has 1 amide bonds. The Hall–Kier alpha value is -2.57. The van der Waals surface area contributed by atoms with Crippen molar-refractivity contribution < 1.29 is 14.3 Å². The van der Waals surface area contributed by atoms with Crippen molar-refractivity contribution in [2.45, 2.75) is 20.5 Å². The maximum atomic E-state index is 12.6. The summed E-state index contributed by atoms with van der Waals surface area (Å²) in [4.78, 5) is 17.6. The Morgan fingerprint density at radius 3 is 2.74 bits per heavy atom. The Balaban J connectivity index is 1.67. The number of nitrogens with zero attached hydrogens (tertiary/aromatic N) is 1. The van der Waals surface area contributed by atoms with Gasteiger partial charge in [-0.3, -0.25) is 4.79 Å². The van der Waals surface area contributed by atoms with E-state index in [0.29, 0.717) is 39.4 Å². The number of hydrogen-bond acceptors (Lipinski definition) is 5. The smallest absolute Gasteiger partial charge is 0.267 e. The van der Waals surface area contributed by atoms with E-state index in [1.165, 1.54) is 11.3 Å². The summed E-state index contributed by atoms with van der Waals surface area (Å²) >= 11 is 7.34. The van der Waals surface area contributed by atoms with Gasteiger partial charge in [-0.25, -0.2) is 4.98 Å². The molecule has 1 heterocycles. The number of halogens is 1. The number of nitrogens with one attached hydrogen (secondary N) is 1. The SMILES string of the molecule is COc1cccc(NC(=O)c2sc(COc3ccc(Cl)c(C)c3)nc2C)c1. The van der Waals surface area contributed by atoms with E-state index >= 15 is 0 Å². The second-order valence-electron chi connectivity index (χ2n) is 5.91. The third kappa shape index (κ3) is 4.78. The summed E-state index contributed by atoms with van der Waals surface area (Å²) in [5, 5.41) is 4.30. The number of aromatic nitrogens is 1. The van der Waals surface area contributed by atoms with Gasteiger partial charge in [0.05, 0.1) is 12.8 Å². The van der Waals surface area contributed by atoms with Gasteiger partial charge >= 0.3 is 0 Å². The van der Waals surface area contributed by atoms with E-state index < -0.39 is 0 Å². The van der Waals surface area contributed by atoms with E-state index in [-0.39, 0.29) is 5.91 Å². The van der Waals surface area contributed by atoms with E-state index in [1.54, 1.807) is 19.2 Å². The predicted molar refractivity (Wildman–Crippen MR) is 108 cm³/mol. The molecule has 7 heteroatoms. The third-order valence-corrected chi connectivity index (χ3v) is 5.42. The zero-order valence-corrected chi connectivity index (χ0v) is 16.8. The first-order valence-electron chi connectivity index (χ1n) is 8.27. The van der Waals surface area contributed by atoms with Crippen molar-refractivity contribution in [3.05, 3.63) is 68.6 Å². The monoisotopic (exact) mass is 402 g/mol. The number of anilines is 1. The highest BCUT2D eigenvalue weighted by molar-refractivity contribution is 7.13. The Morgan fingerprint density at radius 2 is 2.00 bits per heavy atom. The lowest BCUT2D eigenvalue weighted by atomic mass is 10.2. The molecule has 0 aliphatic carbocycles. The molecule has 0 atom stereocenters. The first kappa shape index (κ1) is 19.2. The molecule has 1 aromatic heterocycles. The summed E-state index contributed by atoms with van der Waals surface area (Å²) in [5.41, 5.74) is 2.29. The van der Waals surface area contributed by atoms with Gasteiger partial charge in [-0.05, 0) is 49.7 Å². The fraction of sp³-hybridized carbons (Fsp3) is 0.200. The lowest BCUT2D eigenvalue weighted by molar-refractivity contribution is 0.103. The minimum Gasteiger partial charge on any atom is -0.497 e. The van der Waals surface area contributed by atoms with E-state index in [9.17, 15) is 4.79 Å². The molecule has 0 unspecified atom stereocenters. The number of aryl methyl sites for hydroxylation is 2. The second-order valence-corrected chi connectivity index (χ2v) is 7.40. The molecule has 0 saturated heterocycles. The van der Waals surface area contributed by atoms with Crippen LogP contribution in [-0.4, -0.2) is 18.0 Å². The van der Waals surface area contributed by atoms with Gasteiger partial charge in [-0.2, -0.15) is 0 Å². The van der Waals surface area contributed by atoms with Crippen molar-refractivity contribution >= 4 is 34.5 Å². The third-order valence-electron chi connectivity index (χ3n) is 3.87. The van der Waals surface area contributed by atoms with Crippen LogP contribution < -0.4 is 14.8 Å². The van der Waals surface area contributed by atoms with Crippen LogP contribution in [0.3, 0.4) is 0 Å². The normalized spacial score (nSPS) is 10.5. The summed E-state index contributed by atoms with van der Waals surface area (Å²) in [5.74, 6) is 1.19. The van der Waals surface area contributed by atoms with Crippen molar-refractivity contribution in [3.63, 3.8) is 0 Å². The van der Waals surface area contributed by atoms with Gasteiger partial charge in [0.1, 0.15) is 28.0 Å². The Labute approximate surface area is 166 Å². The van der Waals surface area contributed by atoms with Crippen LogP contribution >= 0.6 is 22.9 Å². The van der Waals surface area contributed by atoms with Gasteiger partial charge < -0.3 is 14.8 Å². The Bertz CT molecular complexity index is 972. The van der Waals surface area contributed by atoms with Crippen LogP contribution in [0.5, 0.6) is 11.5 Å². The zero-order chi connectivity index (χ0) is 19.4. The van der Waals surface area contributed by atoms with Crippen molar-refractivity contribution in [2.24, 2.45) is 0 Å². The molecule has 0 saturated carbocycles. The maximum absolute atomic E-state index is 12.6. The van der Waals surface area contributed by atoms with Gasteiger partial charge in [0.25, 0.3) is 5.91 Å². The quantitative estimate of drug-likeness (QED) is 0.611. The van der Waals surface area contributed by atoms with Crippen LogP contribution in [0.15, 0.2) is 42.5 Å². The summed E-state index contributed by atoms with van der Waals surface area (Å²) in [6, 6.07) is 12.7. The van der Waals surface area contributed by atoms with Gasteiger partial charge in [-0.15, -0.1) is 11.3 Å². The fourth-order valence-corrected chi connectivity index (χ4v) is 3.46. The maximum Gasteiger partial charge on any atom is 0.267 e. The van der Waals surface area contributed by atoms with E-state index in [4.69, 9.17) is 21.1 Å². The predicted octanol–water partition coefficient (Wildman–Crippen LogP) is 5.25. The molecular weight excluding hydrogens is 384 g/mol. The Morgan fingerprint density at radius 1 is 1.19 bits per heavy atom. The van der Waals surface area contributed by atoms with Crippen molar-refractivity contribution in [1.82, 2.24) is 4.98 Å². The van der Waals surface area contributed by atoms with Crippen molar-refractivity contribution in [3.8, 4) is 11.5 Å². The van der Waals surface area contributed by atoms with Crippen LogP contribution in [0.1, 0.15) is 25.9 Å². The summed E-state index contributed by atoms with van der Waals surface area (Å²) < 4.78 is 10.9. The number of thiazole rings is 1. The van der Waals surface area contributed by atoms with Crippen LogP contribution in [0.2, 0.25) is 5.02 Å². The van der Waals surface area contributed by atoms with Crippen LogP contribution in [0.25, 0.3) is 0 Å². The van der Waals surface area contributed by atoms with Crippen molar-refractivity contribution in [2.75, 3.05) is 12.4 Å². The number of hydrogen-bond donors (Lipinski definition) is 1. The molecule has 0 aliphatic rings. The standard InChI is InChI=1S/C20H19ClN2O3S/c1-12-9-16(7-8-17(12)21)26-11-18-22-13(2)19(27-18)20(24)23-14-5-4-6-15(10-14)25-3/h4-10H,11H2,1-3H3,(H,23,24). The molecular formula is C20H19ClN2O3S. The highest BCUT2D eigenvalue weighted by Gasteiger charge is 2.16. The van der Waals surface area contributed by atoms with Crippen LogP contribution in [0.4, 0.5) is 5.69 Å². The number of amides is 1. The van der Waals surface area contributed by atoms with Gasteiger partial charge in [0.2, 0.25) is 0 Å². The second kappa shape index (κ2) is 8.41. The van der Waals surface area contributed by atoms with E-state index in [0.717, 1.165) is 10.6 Å². The zero-order valence-electron chi connectivity index (χ0n) is 15.2. The molecule has 27 heavy (non-hydrogen) atoms. The number of rotatable bonds is 6. The minimum absolute atomic E-state index is 0.202. The Kier molecular flexibility index (Phi) is 5.98. The topological polar surface area (TPSA) is 60.5 Å². The molecule has 3 rings (SSSR count). The average Bonchev–Trinajstić information content (AvgIpc) is 3.03. The van der Waals surface area contributed by atoms with Crippen LogP contribution in [0, 0.1) is 13.8 Å². The number of methoxy groups -OCH3 is 1. The molecule has 0 fully saturated rings. The number of ether oxygens (including phenoxy) is 2. The molecule has 0 bridgehead atoms. The van der Waals surface area contributed by atoms with Gasteiger partial charge in [0, 0.05) is 16.8 Å². The summed E-state index contributed by atoms with van der Waals surface area (Å²) in [7, 11) is 1.59. The minimum atomic E-state index is -0.202. The van der Waals surface area contributed by atoms with Gasteiger partial charge in [0.15, 0.2) is 0 Å². The lowest BCUT2D eigenvalue weighted by Crippen LogP contribution is -2.11. The molecule has 0 spiro atoms. The van der Waals surface area contributed by atoms with Crippen LogP contribution in [-0.2, 0) is 6.61 Å². The highest BCUT2D eigenvalue weighted by atomic mass is 35.5.